The number of ether oxygens (including phenoxy) is 2. The van der Waals surface area contributed by atoms with E-state index in [2.05, 4.69) is 0 Å². The Morgan fingerprint density at radius 3 is 2.38 bits per heavy atom. The second kappa shape index (κ2) is 10.6. The number of halogens is 2. The molecule has 1 heterocycles. The van der Waals surface area contributed by atoms with E-state index in [1.165, 1.54) is 12.8 Å². The fourth-order valence-corrected chi connectivity index (χ4v) is 3.80. The molecule has 1 amide bonds. The smallest absolute Gasteiger partial charge is 0.246 e. The lowest BCUT2D eigenvalue weighted by molar-refractivity contribution is -0.125. The normalized spacial score (nSPS) is 14.7. The highest BCUT2D eigenvalue weighted by Crippen LogP contribution is 2.31. The Hall–Kier alpha value is -2.17. The topological polar surface area (TPSA) is 38.8 Å². The molecule has 2 aromatic rings. The molecule has 0 bridgehead atoms. The van der Waals surface area contributed by atoms with Crippen molar-refractivity contribution in [3.05, 3.63) is 63.6 Å². The van der Waals surface area contributed by atoms with Crippen LogP contribution in [0, 0.1) is 0 Å². The number of methoxy groups -OCH3 is 1. The first-order chi connectivity index (χ1) is 14.1. The Morgan fingerprint density at radius 2 is 1.72 bits per heavy atom. The number of hydrogen-bond acceptors (Lipinski definition) is 3. The maximum atomic E-state index is 12.4. The maximum Gasteiger partial charge on any atom is 0.246 e. The van der Waals surface area contributed by atoms with Crippen LogP contribution in [0.1, 0.15) is 36.8 Å². The third-order valence-corrected chi connectivity index (χ3v) is 5.67. The summed E-state index contributed by atoms with van der Waals surface area (Å²) in [6, 6.07) is 10.9. The summed E-state index contributed by atoms with van der Waals surface area (Å²) in [5.74, 6) is 1.22. The van der Waals surface area contributed by atoms with Crippen LogP contribution in [0.3, 0.4) is 0 Å². The van der Waals surface area contributed by atoms with Gasteiger partial charge in [-0.15, -0.1) is 0 Å². The average molecular weight is 434 g/mol. The first-order valence-electron chi connectivity index (χ1n) is 9.79. The molecule has 29 heavy (non-hydrogen) atoms. The predicted octanol–water partition coefficient (Wildman–Crippen LogP) is 6.00. The highest BCUT2D eigenvalue weighted by molar-refractivity contribution is 6.35. The molecule has 0 radical (unpaired) electrons. The van der Waals surface area contributed by atoms with E-state index in [0.29, 0.717) is 21.5 Å². The van der Waals surface area contributed by atoms with Gasteiger partial charge in [0.15, 0.2) is 11.5 Å². The van der Waals surface area contributed by atoms with E-state index < -0.39 is 0 Å². The van der Waals surface area contributed by atoms with E-state index in [1.54, 1.807) is 31.4 Å². The van der Waals surface area contributed by atoms with Crippen LogP contribution in [0.25, 0.3) is 6.08 Å². The summed E-state index contributed by atoms with van der Waals surface area (Å²) in [6.07, 6.45) is 8.00. The second-order valence-corrected chi connectivity index (χ2v) is 7.79. The molecule has 0 aliphatic carbocycles. The van der Waals surface area contributed by atoms with Gasteiger partial charge in [0.1, 0.15) is 6.61 Å². The van der Waals surface area contributed by atoms with Crippen LogP contribution in [0.15, 0.2) is 42.5 Å². The molecule has 1 aliphatic heterocycles. The highest BCUT2D eigenvalue weighted by Gasteiger charge is 2.13. The van der Waals surface area contributed by atoms with Gasteiger partial charge in [0.2, 0.25) is 5.91 Å². The molecule has 3 rings (SSSR count). The minimum absolute atomic E-state index is 0.0551. The Balaban J connectivity index is 1.67. The average Bonchev–Trinajstić information content (AvgIpc) is 3.01. The summed E-state index contributed by atoms with van der Waals surface area (Å²) in [6.45, 7) is 1.91. The molecule has 0 N–H and O–H groups in total. The summed E-state index contributed by atoms with van der Waals surface area (Å²) < 4.78 is 11.3. The zero-order chi connectivity index (χ0) is 20.6. The molecular formula is C23H25Cl2NO3. The number of benzene rings is 2. The third kappa shape index (κ3) is 5.91. The fourth-order valence-electron chi connectivity index (χ4n) is 3.29. The molecule has 2 aromatic carbocycles. The van der Waals surface area contributed by atoms with Crippen molar-refractivity contribution in [2.24, 2.45) is 0 Å². The molecule has 4 nitrogen and oxygen atoms in total. The Kier molecular flexibility index (Phi) is 7.84. The number of rotatable bonds is 6. The van der Waals surface area contributed by atoms with E-state index in [4.69, 9.17) is 32.7 Å². The van der Waals surface area contributed by atoms with E-state index in [0.717, 1.165) is 37.1 Å². The van der Waals surface area contributed by atoms with Gasteiger partial charge in [0.25, 0.3) is 0 Å². The third-order valence-electron chi connectivity index (χ3n) is 4.96. The zero-order valence-electron chi connectivity index (χ0n) is 16.5. The van der Waals surface area contributed by atoms with Crippen molar-refractivity contribution in [2.45, 2.75) is 32.3 Å². The van der Waals surface area contributed by atoms with Crippen molar-refractivity contribution in [1.82, 2.24) is 4.90 Å². The molecule has 0 spiro atoms. The van der Waals surface area contributed by atoms with Gasteiger partial charge in [-0.05, 0) is 48.7 Å². The fraction of sp³-hybridized carbons (Fsp3) is 0.348. The van der Waals surface area contributed by atoms with Crippen LogP contribution in [0.5, 0.6) is 11.5 Å². The van der Waals surface area contributed by atoms with Crippen LogP contribution in [-0.4, -0.2) is 31.0 Å². The zero-order valence-corrected chi connectivity index (χ0v) is 18.0. The van der Waals surface area contributed by atoms with Crippen LogP contribution >= 0.6 is 23.2 Å². The molecule has 1 aliphatic rings. The lowest BCUT2D eigenvalue weighted by Gasteiger charge is -2.18. The van der Waals surface area contributed by atoms with Gasteiger partial charge >= 0.3 is 0 Å². The number of amides is 1. The van der Waals surface area contributed by atoms with Crippen LogP contribution in [0.4, 0.5) is 0 Å². The molecular weight excluding hydrogens is 409 g/mol. The molecule has 154 valence electrons. The van der Waals surface area contributed by atoms with Gasteiger partial charge in [-0.1, -0.05) is 48.2 Å². The summed E-state index contributed by atoms with van der Waals surface area (Å²) in [4.78, 5) is 14.3. The maximum absolute atomic E-state index is 12.4. The van der Waals surface area contributed by atoms with Gasteiger partial charge in [0, 0.05) is 34.8 Å². The summed E-state index contributed by atoms with van der Waals surface area (Å²) in [5.41, 5.74) is 1.60. The van der Waals surface area contributed by atoms with Crippen molar-refractivity contribution in [2.75, 3.05) is 20.2 Å². The largest absolute Gasteiger partial charge is 0.493 e. The van der Waals surface area contributed by atoms with E-state index >= 15 is 0 Å². The van der Waals surface area contributed by atoms with Gasteiger partial charge in [-0.25, -0.2) is 0 Å². The Bertz CT molecular complexity index is 854. The molecule has 0 aromatic heterocycles. The molecule has 1 saturated heterocycles. The number of likely N-dealkylation sites (tertiary alicyclic amines) is 1. The lowest BCUT2D eigenvalue weighted by Crippen LogP contribution is -2.30. The molecule has 0 saturated carbocycles. The lowest BCUT2D eigenvalue weighted by atomic mass is 10.1. The van der Waals surface area contributed by atoms with Crippen LogP contribution in [-0.2, 0) is 11.4 Å². The standard InChI is InChI=1S/C23H25Cl2NO3/c1-28-22-15-17(10-12-23(27)26-13-4-2-3-5-14-26)9-11-21(22)29-16-18-19(24)7-6-8-20(18)25/h6-12,15H,2-5,13-14,16H2,1H3/b12-10+. The minimum atomic E-state index is 0.0551. The van der Waals surface area contributed by atoms with Crippen LogP contribution < -0.4 is 9.47 Å². The quantitative estimate of drug-likeness (QED) is 0.524. The minimum Gasteiger partial charge on any atom is -0.493 e. The Labute approximate surface area is 182 Å². The summed E-state index contributed by atoms with van der Waals surface area (Å²) in [7, 11) is 1.58. The number of carbonyl (C=O) groups excluding carboxylic acids is 1. The van der Waals surface area contributed by atoms with E-state index in [1.807, 2.05) is 29.2 Å². The molecule has 0 unspecified atom stereocenters. The SMILES string of the molecule is COc1cc(/C=C/C(=O)N2CCCCCC2)ccc1OCc1c(Cl)cccc1Cl. The van der Waals surface area contributed by atoms with Gasteiger partial charge in [-0.2, -0.15) is 0 Å². The first kappa shape index (κ1) is 21.5. The van der Waals surface area contributed by atoms with Crippen molar-refractivity contribution in [3.63, 3.8) is 0 Å². The molecule has 1 fully saturated rings. The number of nitrogens with zero attached hydrogens (tertiary/aromatic N) is 1. The number of hydrogen-bond donors (Lipinski definition) is 0. The van der Waals surface area contributed by atoms with Gasteiger partial charge in [0.05, 0.1) is 7.11 Å². The monoisotopic (exact) mass is 433 g/mol. The Morgan fingerprint density at radius 1 is 1.03 bits per heavy atom. The van der Waals surface area contributed by atoms with Gasteiger partial charge in [-0.3, -0.25) is 4.79 Å². The predicted molar refractivity (Wildman–Crippen MR) is 118 cm³/mol. The summed E-state index contributed by atoms with van der Waals surface area (Å²) in [5, 5.41) is 1.12. The molecule has 0 atom stereocenters. The highest BCUT2D eigenvalue weighted by atomic mass is 35.5. The number of carbonyl (C=O) groups is 1. The van der Waals surface area contributed by atoms with Crippen molar-refractivity contribution in [3.8, 4) is 11.5 Å². The first-order valence-corrected chi connectivity index (χ1v) is 10.5. The van der Waals surface area contributed by atoms with Crippen molar-refractivity contribution >= 4 is 35.2 Å². The van der Waals surface area contributed by atoms with Gasteiger partial charge < -0.3 is 14.4 Å². The molecule has 6 heteroatoms. The van der Waals surface area contributed by atoms with E-state index in [-0.39, 0.29) is 12.5 Å². The summed E-state index contributed by atoms with van der Waals surface area (Å²) >= 11 is 12.4. The van der Waals surface area contributed by atoms with E-state index in [9.17, 15) is 4.79 Å². The van der Waals surface area contributed by atoms with Crippen molar-refractivity contribution in [1.29, 1.82) is 0 Å². The van der Waals surface area contributed by atoms with Crippen LogP contribution in [0.2, 0.25) is 10.0 Å². The second-order valence-electron chi connectivity index (χ2n) is 6.97. The van der Waals surface area contributed by atoms with Crippen molar-refractivity contribution < 1.29 is 14.3 Å².